The van der Waals surface area contributed by atoms with Gasteiger partial charge in [-0.2, -0.15) is 5.10 Å². The van der Waals surface area contributed by atoms with Gasteiger partial charge in [0.2, 0.25) is 0 Å². The zero-order chi connectivity index (χ0) is 11.1. The van der Waals surface area contributed by atoms with E-state index in [9.17, 15) is 9.18 Å². The highest BCUT2D eigenvalue weighted by Gasteiger charge is 2.23. The summed E-state index contributed by atoms with van der Waals surface area (Å²) < 4.78 is 14.4. The Kier molecular flexibility index (Phi) is 1.89. The van der Waals surface area contributed by atoms with Gasteiger partial charge in [-0.05, 0) is 30.7 Å². The summed E-state index contributed by atoms with van der Waals surface area (Å²) in [5.41, 5.74) is 2.31. The molecule has 1 aromatic heterocycles. The number of aryl methyl sites for hydroxylation is 1. The Balaban J connectivity index is 2.05. The third kappa shape index (κ3) is 1.34. The molecule has 0 radical (unpaired) electrons. The SMILES string of the molecule is O=C1CCc2cn(-c3ccc(F)cc3)nc21. The Morgan fingerprint density at radius 1 is 1.19 bits per heavy atom. The standard InChI is InChI=1S/C12H9FN2O/c13-9-2-4-10(5-3-9)15-7-8-1-6-11(16)12(8)14-15/h2-5,7H,1,6H2. The normalized spacial score (nSPS) is 14.2. The van der Waals surface area contributed by atoms with Crippen molar-refractivity contribution in [3.05, 3.63) is 47.5 Å². The minimum Gasteiger partial charge on any atom is -0.292 e. The van der Waals surface area contributed by atoms with Gasteiger partial charge in [-0.15, -0.1) is 0 Å². The van der Waals surface area contributed by atoms with E-state index in [2.05, 4.69) is 5.10 Å². The van der Waals surface area contributed by atoms with E-state index in [0.29, 0.717) is 12.1 Å². The number of hydrogen-bond donors (Lipinski definition) is 0. The monoisotopic (exact) mass is 216 g/mol. The largest absolute Gasteiger partial charge is 0.292 e. The number of Topliss-reactive ketones (excluding diaryl/α,β-unsaturated/α-hetero) is 1. The molecule has 0 bridgehead atoms. The molecule has 0 spiro atoms. The lowest BCUT2D eigenvalue weighted by atomic mass is 10.3. The van der Waals surface area contributed by atoms with E-state index in [0.717, 1.165) is 17.7 Å². The van der Waals surface area contributed by atoms with Crippen LogP contribution in [0.4, 0.5) is 4.39 Å². The lowest BCUT2D eigenvalue weighted by Gasteiger charge is -2.00. The van der Waals surface area contributed by atoms with Crippen molar-refractivity contribution in [2.75, 3.05) is 0 Å². The van der Waals surface area contributed by atoms with Crippen LogP contribution in [-0.2, 0) is 6.42 Å². The van der Waals surface area contributed by atoms with Gasteiger partial charge in [0.25, 0.3) is 0 Å². The molecule has 0 aliphatic heterocycles. The predicted octanol–water partition coefficient (Wildman–Crippen LogP) is 2.14. The maximum Gasteiger partial charge on any atom is 0.183 e. The van der Waals surface area contributed by atoms with Crippen molar-refractivity contribution in [1.82, 2.24) is 9.78 Å². The number of aromatic nitrogens is 2. The first kappa shape index (κ1) is 9.27. The average Bonchev–Trinajstić information content (AvgIpc) is 2.83. The maximum atomic E-state index is 12.7. The molecule has 3 rings (SSSR count). The zero-order valence-corrected chi connectivity index (χ0v) is 8.48. The van der Waals surface area contributed by atoms with Crippen molar-refractivity contribution in [3.63, 3.8) is 0 Å². The number of ketones is 1. The lowest BCUT2D eigenvalue weighted by molar-refractivity contribution is 0.0989. The summed E-state index contributed by atoms with van der Waals surface area (Å²) in [6, 6.07) is 6.04. The molecule has 0 fully saturated rings. The summed E-state index contributed by atoms with van der Waals surface area (Å²) in [4.78, 5) is 11.4. The zero-order valence-electron chi connectivity index (χ0n) is 8.48. The molecular weight excluding hydrogens is 207 g/mol. The van der Waals surface area contributed by atoms with Gasteiger partial charge in [0.1, 0.15) is 11.5 Å². The number of halogens is 1. The van der Waals surface area contributed by atoms with E-state index in [4.69, 9.17) is 0 Å². The number of hydrogen-bond acceptors (Lipinski definition) is 2. The molecule has 0 saturated carbocycles. The van der Waals surface area contributed by atoms with E-state index in [1.165, 1.54) is 12.1 Å². The van der Waals surface area contributed by atoms with Gasteiger partial charge in [-0.3, -0.25) is 4.79 Å². The van der Waals surface area contributed by atoms with Crippen molar-refractivity contribution in [1.29, 1.82) is 0 Å². The molecule has 0 N–H and O–H groups in total. The van der Waals surface area contributed by atoms with E-state index in [1.54, 1.807) is 16.8 Å². The Morgan fingerprint density at radius 2 is 1.94 bits per heavy atom. The van der Waals surface area contributed by atoms with Crippen LogP contribution in [-0.4, -0.2) is 15.6 Å². The molecule has 16 heavy (non-hydrogen) atoms. The summed E-state index contributed by atoms with van der Waals surface area (Å²) in [5, 5.41) is 4.22. The van der Waals surface area contributed by atoms with E-state index < -0.39 is 0 Å². The number of rotatable bonds is 1. The topological polar surface area (TPSA) is 34.9 Å². The van der Waals surface area contributed by atoms with Crippen LogP contribution >= 0.6 is 0 Å². The molecule has 3 nitrogen and oxygen atoms in total. The van der Waals surface area contributed by atoms with Crippen molar-refractivity contribution >= 4 is 5.78 Å². The molecule has 0 saturated heterocycles. The fraction of sp³-hybridized carbons (Fsp3) is 0.167. The number of carbonyl (C=O) groups excluding carboxylic acids is 1. The molecule has 80 valence electrons. The first-order valence-electron chi connectivity index (χ1n) is 5.12. The van der Waals surface area contributed by atoms with E-state index in [1.807, 2.05) is 6.20 Å². The number of benzene rings is 1. The minimum atomic E-state index is -0.278. The Labute approximate surface area is 91.5 Å². The second kappa shape index (κ2) is 3.27. The van der Waals surface area contributed by atoms with Crippen LogP contribution in [0.3, 0.4) is 0 Å². The summed E-state index contributed by atoms with van der Waals surface area (Å²) in [6.45, 7) is 0. The summed E-state index contributed by atoms with van der Waals surface area (Å²) >= 11 is 0. The van der Waals surface area contributed by atoms with Gasteiger partial charge in [0.15, 0.2) is 5.78 Å². The quantitative estimate of drug-likeness (QED) is 0.732. The van der Waals surface area contributed by atoms with Crippen LogP contribution in [0.5, 0.6) is 0 Å². The third-order valence-electron chi connectivity index (χ3n) is 2.77. The Bertz CT molecular complexity index is 557. The summed E-state index contributed by atoms with van der Waals surface area (Å²) in [5.74, 6) is -0.185. The molecule has 1 aliphatic rings. The van der Waals surface area contributed by atoms with Crippen molar-refractivity contribution in [2.24, 2.45) is 0 Å². The lowest BCUT2D eigenvalue weighted by Crippen LogP contribution is -1.99. The molecule has 0 unspecified atom stereocenters. The van der Waals surface area contributed by atoms with Crippen molar-refractivity contribution < 1.29 is 9.18 Å². The number of fused-ring (bicyclic) bond motifs is 1. The molecule has 0 atom stereocenters. The van der Waals surface area contributed by atoms with Crippen LogP contribution in [0.25, 0.3) is 5.69 Å². The Morgan fingerprint density at radius 3 is 2.62 bits per heavy atom. The highest BCUT2D eigenvalue weighted by molar-refractivity contribution is 5.98. The molecule has 0 amide bonds. The number of carbonyl (C=O) groups is 1. The highest BCUT2D eigenvalue weighted by Crippen LogP contribution is 2.21. The average molecular weight is 216 g/mol. The number of nitrogens with zero attached hydrogens (tertiary/aromatic N) is 2. The van der Waals surface area contributed by atoms with Crippen molar-refractivity contribution in [2.45, 2.75) is 12.8 Å². The molecular formula is C12H9FN2O. The van der Waals surface area contributed by atoms with Crippen molar-refractivity contribution in [3.8, 4) is 5.69 Å². The molecule has 1 heterocycles. The van der Waals surface area contributed by atoms with Gasteiger partial charge in [-0.1, -0.05) is 0 Å². The third-order valence-corrected chi connectivity index (χ3v) is 2.77. The predicted molar refractivity (Wildman–Crippen MR) is 56.2 cm³/mol. The van der Waals surface area contributed by atoms with Gasteiger partial charge in [0.05, 0.1) is 5.69 Å². The second-order valence-electron chi connectivity index (χ2n) is 3.85. The van der Waals surface area contributed by atoms with Crippen LogP contribution in [0.2, 0.25) is 0 Å². The fourth-order valence-electron chi connectivity index (χ4n) is 1.92. The van der Waals surface area contributed by atoms with Gasteiger partial charge in [0, 0.05) is 18.2 Å². The second-order valence-corrected chi connectivity index (χ2v) is 3.85. The van der Waals surface area contributed by atoms with E-state index in [-0.39, 0.29) is 11.6 Å². The van der Waals surface area contributed by atoms with Crippen LogP contribution < -0.4 is 0 Å². The summed E-state index contributed by atoms with van der Waals surface area (Å²) in [7, 11) is 0. The van der Waals surface area contributed by atoms with Gasteiger partial charge < -0.3 is 0 Å². The minimum absolute atomic E-state index is 0.0934. The fourth-order valence-corrected chi connectivity index (χ4v) is 1.92. The molecule has 4 heteroatoms. The first-order valence-corrected chi connectivity index (χ1v) is 5.12. The van der Waals surface area contributed by atoms with Gasteiger partial charge >= 0.3 is 0 Å². The molecule has 1 aliphatic carbocycles. The van der Waals surface area contributed by atoms with Crippen LogP contribution in [0.15, 0.2) is 30.5 Å². The molecule has 2 aromatic rings. The van der Waals surface area contributed by atoms with E-state index >= 15 is 0 Å². The highest BCUT2D eigenvalue weighted by atomic mass is 19.1. The maximum absolute atomic E-state index is 12.7. The Hall–Kier alpha value is -1.97. The van der Waals surface area contributed by atoms with Gasteiger partial charge in [-0.25, -0.2) is 9.07 Å². The smallest absolute Gasteiger partial charge is 0.183 e. The first-order chi connectivity index (χ1) is 7.74. The van der Waals surface area contributed by atoms with Crippen LogP contribution in [0.1, 0.15) is 22.5 Å². The summed E-state index contributed by atoms with van der Waals surface area (Å²) in [6.07, 6.45) is 3.16. The van der Waals surface area contributed by atoms with Crippen LogP contribution in [0, 0.1) is 5.82 Å². The molecule has 1 aromatic carbocycles.